The molecule has 2 rings (SSSR count). The SMILES string of the molecule is Cc1cn(CC(=O)N[C@H](CNC(=O)OC(C)(C)C)COC(=O)Oc2ccc([N+](=O)[O-])cc2)c(=O)[nH]c1=O. The molecule has 0 aliphatic heterocycles. The van der Waals surface area contributed by atoms with Crippen LogP contribution >= 0.6 is 0 Å². The van der Waals surface area contributed by atoms with Gasteiger partial charge in [-0.25, -0.2) is 14.4 Å². The van der Waals surface area contributed by atoms with Gasteiger partial charge in [0.2, 0.25) is 5.91 Å². The van der Waals surface area contributed by atoms with Crippen molar-refractivity contribution in [3.05, 3.63) is 67.0 Å². The molecule has 200 valence electrons. The Morgan fingerprint density at radius 3 is 2.41 bits per heavy atom. The maximum atomic E-state index is 12.5. The van der Waals surface area contributed by atoms with Gasteiger partial charge in [0, 0.05) is 30.4 Å². The van der Waals surface area contributed by atoms with E-state index >= 15 is 0 Å². The minimum atomic E-state index is -1.17. The average molecular weight is 521 g/mol. The number of hydrogen-bond donors (Lipinski definition) is 3. The van der Waals surface area contributed by atoms with Crippen molar-refractivity contribution < 1.29 is 33.5 Å². The number of aromatic amines is 1. The molecule has 0 saturated heterocycles. The number of nitro benzene ring substituents is 1. The van der Waals surface area contributed by atoms with Crippen LogP contribution in [0.15, 0.2) is 40.1 Å². The van der Waals surface area contributed by atoms with E-state index in [1.54, 1.807) is 20.8 Å². The normalized spacial score (nSPS) is 11.7. The van der Waals surface area contributed by atoms with Crippen LogP contribution in [0.3, 0.4) is 0 Å². The van der Waals surface area contributed by atoms with Crippen LogP contribution in [0.4, 0.5) is 15.3 Å². The van der Waals surface area contributed by atoms with Crippen LogP contribution in [0.1, 0.15) is 26.3 Å². The minimum absolute atomic E-state index is 0.0177. The number of aryl methyl sites for hydroxylation is 1. The summed E-state index contributed by atoms with van der Waals surface area (Å²) in [6, 6.07) is 3.71. The fraction of sp³-hybridized carbons (Fsp3) is 0.409. The van der Waals surface area contributed by atoms with Crippen LogP contribution in [-0.4, -0.2) is 57.4 Å². The van der Waals surface area contributed by atoms with Crippen LogP contribution in [-0.2, 0) is 20.8 Å². The first kappa shape index (κ1) is 28.5. The molecule has 3 N–H and O–H groups in total. The van der Waals surface area contributed by atoms with Gasteiger partial charge in [0.05, 0.1) is 11.0 Å². The van der Waals surface area contributed by atoms with Gasteiger partial charge in [-0.05, 0) is 39.8 Å². The van der Waals surface area contributed by atoms with E-state index in [1.807, 2.05) is 0 Å². The Morgan fingerprint density at radius 2 is 1.81 bits per heavy atom. The second kappa shape index (κ2) is 12.3. The highest BCUT2D eigenvalue weighted by atomic mass is 16.7. The molecule has 0 bridgehead atoms. The number of aromatic nitrogens is 2. The summed E-state index contributed by atoms with van der Waals surface area (Å²) in [7, 11) is 0. The van der Waals surface area contributed by atoms with E-state index in [9.17, 15) is 34.1 Å². The van der Waals surface area contributed by atoms with Gasteiger partial charge < -0.3 is 24.8 Å². The van der Waals surface area contributed by atoms with Crippen molar-refractivity contribution in [2.75, 3.05) is 13.2 Å². The third-order valence-corrected chi connectivity index (χ3v) is 4.41. The molecule has 0 saturated carbocycles. The standard InChI is InChI=1S/C22H27N5O10/c1-13-10-26(19(30)25-18(13)29)11-17(28)24-14(9-23-20(31)37-22(2,3)4)12-35-21(32)36-16-7-5-15(6-8-16)27(33)34/h5-8,10,14H,9,11-12H2,1-4H3,(H,23,31)(H,24,28)(H,25,29,30)/t14-/m1/s1. The molecular formula is C22H27N5O10. The molecule has 0 spiro atoms. The monoisotopic (exact) mass is 521 g/mol. The van der Waals surface area contributed by atoms with Gasteiger partial charge in [-0.2, -0.15) is 0 Å². The molecule has 0 unspecified atom stereocenters. The summed E-state index contributed by atoms with van der Waals surface area (Å²) in [6.07, 6.45) is -0.738. The molecular weight excluding hydrogens is 494 g/mol. The first-order valence-corrected chi connectivity index (χ1v) is 10.9. The van der Waals surface area contributed by atoms with E-state index in [0.717, 1.165) is 16.7 Å². The summed E-state index contributed by atoms with van der Waals surface area (Å²) in [4.78, 5) is 72.2. The lowest BCUT2D eigenvalue weighted by Crippen LogP contribution is -2.49. The second-order valence-corrected chi connectivity index (χ2v) is 8.76. The third-order valence-electron chi connectivity index (χ3n) is 4.41. The van der Waals surface area contributed by atoms with E-state index in [1.165, 1.54) is 25.3 Å². The smallest absolute Gasteiger partial charge is 0.444 e. The van der Waals surface area contributed by atoms with E-state index < -0.39 is 59.1 Å². The summed E-state index contributed by atoms with van der Waals surface area (Å²) in [6.45, 7) is 5.31. The summed E-state index contributed by atoms with van der Waals surface area (Å²) < 4.78 is 16.1. The summed E-state index contributed by atoms with van der Waals surface area (Å²) in [5.74, 6) is -0.701. The van der Waals surface area contributed by atoms with Gasteiger partial charge in [-0.15, -0.1) is 0 Å². The molecule has 1 atom stereocenters. The third kappa shape index (κ3) is 9.83. The van der Waals surface area contributed by atoms with Gasteiger partial charge in [0.1, 0.15) is 24.5 Å². The first-order valence-electron chi connectivity index (χ1n) is 10.9. The Morgan fingerprint density at radius 1 is 1.16 bits per heavy atom. The molecule has 1 aromatic heterocycles. The second-order valence-electron chi connectivity index (χ2n) is 8.76. The zero-order valence-corrected chi connectivity index (χ0v) is 20.6. The maximum absolute atomic E-state index is 12.5. The predicted octanol–water partition coefficient (Wildman–Crippen LogP) is 0.978. The van der Waals surface area contributed by atoms with E-state index in [2.05, 4.69) is 15.6 Å². The topological polar surface area (TPSA) is 201 Å². The highest BCUT2D eigenvalue weighted by Gasteiger charge is 2.21. The van der Waals surface area contributed by atoms with Crippen LogP contribution in [0, 0.1) is 17.0 Å². The molecule has 2 amide bonds. The van der Waals surface area contributed by atoms with Crippen molar-refractivity contribution in [2.45, 2.75) is 45.9 Å². The Balaban J connectivity index is 2.03. The molecule has 2 aromatic rings. The Hall–Kier alpha value is -4.69. The lowest BCUT2D eigenvalue weighted by molar-refractivity contribution is -0.384. The highest BCUT2D eigenvalue weighted by molar-refractivity contribution is 5.76. The van der Waals surface area contributed by atoms with Crippen LogP contribution in [0.25, 0.3) is 0 Å². The van der Waals surface area contributed by atoms with Gasteiger partial charge in [-0.3, -0.25) is 29.3 Å². The average Bonchev–Trinajstić information content (AvgIpc) is 2.78. The number of carbonyl (C=O) groups excluding carboxylic acids is 3. The number of carbonyl (C=O) groups is 3. The number of nitrogens with zero attached hydrogens (tertiary/aromatic N) is 2. The Labute approximate surface area is 209 Å². The number of ether oxygens (including phenoxy) is 3. The molecule has 1 heterocycles. The summed E-state index contributed by atoms with van der Waals surface area (Å²) in [5.41, 5.74) is -2.14. The minimum Gasteiger partial charge on any atom is -0.444 e. The van der Waals surface area contributed by atoms with Gasteiger partial charge >= 0.3 is 17.9 Å². The van der Waals surface area contributed by atoms with Gasteiger partial charge in [0.25, 0.3) is 11.2 Å². The van der Waals surface area contributed by atoms with E-state index in [4.69, 9.17) is 14.2 Å². The van der Waals surface area contributed by atoms with Gasteiger partial charge in [-0.1, -0.05) is 0 Å². The van der Waals surface area contributed by atoms with Crippen molar-refractivity contribution >= 4 is 23.8 Å². The summed E-state index contributed by atoms with van der Waals surface area (Å²) in [5, 5.41) is 15.7. The quantitative estimate of drug-likeness (QED) is 0.185. The number of benzene rings is 1. The Bertz CT molecular complexity index is 1260. The number of amides is 2. The molecule has 0 aliphatic rings. The number of H-pyrrole nitrogens is 1. The fourth-order valence-electron chi connectivity index (χ4n) is 2.77. The molecule has 0 fully saturated rings. The number of non-ortho nitro benzene ring substituents is 1. The van der Waals surface area contributed by atoms with Crippen molar-refractivity contribution in [2.24, 2.45) is 0 Å². The number of alkyl carbamates (subject to hydrolysis) is 1. The Kier molecular flexibility index (Phi) is 9.51. The molecule has 37 heavy (non-hydrogen) atoms. The summed E-state index contributed by atoms with van der Waals surface area (Å²) >= 11 is 0. The molecule has 0 radical (unpaired) electrons. The number of hydrogen-bond acceptors (Lipinski definition) is 10. The number of nitrogens with one attached hydrogen (secondary N) is 3. The lowest BCUT2D eigenvalue weighted by Gasteiger charge is -2.22. The highest BCUT2D eigenvalue weighted by Crippen LogP contribution is 2.17. The predicted molar refractivity (Wildman–Crippen MR) is 127 cm³/mol. The van der Waals surface area contributed by atoms with Crippen LogP contribution in [0.5, 0.6) is 5.75 Å². The van der Waals surface area contributed by atoms with Crippen molar-refractivity contribution in [3.63, 3.8) is 0 Å². The van der Waals surface area contributed by atoms with Crippen LogP contribution < -0.4 is 26.6 Å². The first-order chi connectivity index (χ1) is 17.2. The molecule has 0 aliphatic carbocycles. The lowest BCUT2D eigenvalue weighted by atomic mass is 10.2. The van der Waals surface area contributed by atoms with Crippen molar-refractivity contribution in [1.29, 1.82) is 0 Å². The zero-order valence-electron chi connectivity index (χ0n) is 20.6. The molecule has 15 heteroatoms. The van der Waals surface area contributed by atoms with E-state index in [-0.39, 0.29) is 23.5 Å². The van der Waals surface area contributed by atoms with Crippen molar-refractivity contribution in [3.8, 4) is 5.75 Å². The maximum Gasteiger partial charge on any atom is 0.513 e. The molecule has 15 nitrogen and oxygen atoms in total. The largest absolute Gasteiger partial charge is 0.513 e. The fourth-order valence-corrected chi connectivity index (χ4v) is 2.77. The molecule has 1 aromatic carbocycles. The van der Waals surface area contributed by atoms with E-state index in [0.29, 0.717) is 0 Å². The van der Waals surface area contributed by atoms with Crippen LogP contribution in [0.2, 0.25) is 0 Å². The van der Waals surface area contributed by atoms with Crippen molar-refractivity contribution in [1.82, 2.24) is 20.2 Å². The number of nitro groups is 1. The number of rotatable bonds is 9. The zero-order chi connectivity index (χ0) is 27.8. The van der Waals surface area contributed by atoms with Gasteiger partial charge in [0.15, 0.2) is 0 Å².